The summed E-state index contributed by atoms with van der Waals surface area (Å²) < 4.78 is 5.31. The zero-order valence-corrected chi connectivity index (χ0v) is 14.3. The van der Waals surface area contributed by atoms with E-state index in [-0.39, 0.29) is 5.97 Å². The van der Waals surface area contributed by atoms with Crippen molar-refractivity contribution in [2.24, 2.45) is 0 Å². The van der Waals surface area contributed by atoms with Gasteiger partial charge in [-0.15, -0.1) is 0 Å². The van der Waals surface area contributed by atoms with Crippen LogP contribution in [0.1, 0.15) is 31.9 Å². The number of anilines is 1. The van der Waals surface area contributed by atoms with Crippen LogP contribution < -0.4 is 5.32 Å². The molecule has 3 heteroatoms. The molecule has 0 saturated heterocycles. The molecule has 1 N–H and O–H groups in total. The van der Waals surface area contributed by atoms with Crippen molar-refractivity contribution in [1.29, 1.82) is 0 Å². The summed E-state index contributed by atoms with van der Waals surface area (Å²) in [7, 11) is 0. The zero-order chi connectivity index (χ0) is 16.9. The van der Waals surface area contributed by atoms with Crippen LogP contribution in [0.5, 0.6) is 0 Å². The third-order valence-electron chi connectivity index (χ3n) is 4.12. The average Bonchev–Trinajstić information content (AvgIpc) is 2.55. The van der Waals surface area contributed by atoms with E-state index >= 15 is 0 Å². The molecule has 2 rings (SSSR count). The van der Waals surface area contributed by atoms with Crippen molar-refractivity contribution in [3.8, 4) is 0 Å². The van der Waals surface area contributed by atoms with Crippen LogP contribution in [-0.4, -0.2) is 18.6 Å². The van der Waals surface area contributed by atoms with Gasteiger partial charge in [0.15, 0.2) is 0 Å². The second kappa shape index (κ2) is 7.32. The number of benzene rings is 2. The number of hydrogen-bond donors (Lipinski definition) is 1. The average molecular weight is 311 g/mol. The van der Waals surface area contributed by atoms with Crippen molar-refractivity contribution in [3.63, 3.8) is 0 Å². The van der Waals surface area contributed by atoms with Gasteiger partial charge in [0.1, 0.15) is 6.04 Å². The van der Waals surface area contributed by atoms with Gasteiger partial charge in [0, 0.05) is 11.1 Å². The van der Waals surface area contributed by atoms with Gasteiger partial charge >= 0.3 is 5.97 Å². The van der Waals surface area contributed by atoms with Gasteiger partial charge in [-0.2, -0.15) is 0 Å². The number of carbonyl (C=O) groups excluding carboxylic acids is 1. The van der Waals surface area contributed by atoms with E-state index in [1.807, 2.05) is 68.4 Å². The van der Waals surface area contributed by atoms with Crippen LogP contribution in [0.15, 0.2) is 54.6 Å². The summed E-state index contributed by atoms with van der Waals surface area (Å²) in [6.07, 6.45) is 0. The number of aryl methyl sites for hydroxylation is 1. The van der Waals surface area contributed by atoms with Crippen LogP contribution in [-0.2, 0) is 14.9 Å². The minimum absolute atomic E-state index is 0.234. The summed E-state index contributed by atoms with van der Waals surface area (Å²) in [6, 6.07) is 17.6. The van der Waals surface area contributed by atoms with E-state index in [1.54, 1.807) is 0 Å². The van der Waals surface area contributed by atoms with E-state index < -0.39 is 11.5 Å². The number of rotatable bonds is 6. The van der Waals surface area contributed by atoms with Crippen molar-refractivity contribution < 1.29 is 9.53 Å². The molecule has 1 atom stereocenters. The highest BCUT2D eigenvalue weighted by Gasteiger charge is 2.37. The van der Waals surface area contributed by atoms with E-state index in [0.717, 1.165) is 11.3 Å². The molecule has 3 nitrogen and oxygen atoms in total. The maximum atomic E-state index is 12.5. The molecular weight excluding hydrogens is 286 g/mol. The molecule has 0 aromatic heterocycles. The molecule has 23 heavy (non-hydrogen) atoms. The van der Waals surface area contributed by atoms with E-state index in [2.05, 4.69) is 19.2 Å². The molecule has 2 aromatic rings. The van der Waals surface area contributed by atoms with E-state index in [9.17, 15) is 4.79 Å². The minimum atomic E-state index is -0.465. The first-order valence-corrected chi connectivity index (χ1v) is 8.00. The van der Waals surface area contributed by atoms with Crippen LogP contribution in [0.3, 0.4) is 0 Å². The van der Waals surface area contributed by atoms with Crippen LogP contribution in [0, 0.1) is 6.92 Å². The lowest BCUT2D eigenvalue weighted by Gasteiger charge is -2.34. The van der Waals surface area contributed by atoms with Gasteiger partial charge in [-0.3, -0.25) is 0 Å². The number of esters is 1. The Labute approximate surface area is 138 Å². The molecule has 0 radical (unpaired) electrons. The Morgan fingerprint density at radius 3 is 2.26 bits per heavy atom. The molecule has 0 fully saturated rings. The van der Waals surface area contributed by atoms with E-state index in [0.29, 0.717) is 6.61 Å². The van der Waals surface area contributed by atoms with Gasteiger partial charge in [0.2, 0.25) is 0 Å². The summed E-state index contributed by atoms with van der Waals surface area (Å²) in [5.74, 6) is -0.234. The molecule has 0 saturated carbocycles. The molecule has 0 heterocycles. The summed E-state index contributed by atoms with van der Waals surface area (Å²) >= 11 is 0. The second-order valence-corrected chi connectivity index (χ2v) is 6.28. The van der Waals surface area contributed by atoms with Crippen molar-refractivity contribution in [2.75, 3.05) is 11.9 Å². The first-order valence-electron chi connectivity index (χ1n) is 8.00. The molecule has 122 valence electrons. The zero-order valence-electron chi connectivity index (χ0n) is 14.3. The quantitative estimate of drug-likeness (QED) is 0.808. The summed E-state index contributed by atoms with van der Waals surface area (Å²) in [4.78, 5) is 12.5. The van der Waals surface area contributed by atoms with E-state index in [1.165, 1.54) is 5.56 Å². The fourth-order valence-corrected chi connectivity index (χ4v) is 2.61. The smallest absolute Gasteiger partial charge is 0.329 e. The number of hydrogen-bond acceptors (Lipinski definition) is 3. The predicted octanol–water partition coefficient (Wildman–Crippen LogP) is 4.32. The van der Waals surface area contributed by atoms with E-state index in [4.69, 9.17) is 4.74 Å². The highest BCUT2D eigenvalue weighted by atomic mass is 16.5. The van der Waals surface area contributed by atoms with Crippen LogP contribution in [0.25, 0.3) is 0 Å². The third kappa shape index (κ3) is 4.13. The number of ether oxygens (including phenoxy) is 1. The standard InChI is InChI=1S/C20H25NO2/c1-5-23-19(22)18(21-17-13-11-15(2)12-14-17)20(3,4)16-9-7-6-8-10-16/h6-14,18,21H,5H2,1-4H3. The lowest BCUT2D eigenvalue weighted by Crippen LogP contribution is -2.46. The lowest BCUT2D eigenvalue weighted by molar-refractivity contribution is -0.145. The summed E-state index contributed by atoms with van der Waals surface area (Å²) in [5.41, 5.74) is 2.79. The molecule has 0 aliphatic carbocycles. The molecule has 0 spiro atoms. The Morgan fingerprint density at radius 2 is 1.70 bits per heavy atom. The first-order chi connectivity index (χ1) is 10.9. The second-order valence-electron chi connectivity index (χ2n) is 6.28. The first kappa shape index (κ1) is 17.1. The van der Waals surface area contributed by atoms with Crippen molar-refractivity contribution in [2.45, 2.75) is 39.2 Å². The van der Waals surface area contributed by atoms with Gasteiger partial charge in [-0.25, -0.2) is 4.79 Å². The third-order valence-corrected chi connectivity index (χ3v) is 4.12. The van der Waals surface area contributed by atoms with Crippen molar-refractivity contribution >= 4 is 11.7 Å². The lowest BCUT2D eigenvalue weighted by atomic mass is 9.77. The Morgan fingerprint density at radius 1 is 1.09 bits per heavy atom. The highest BCUT2D eigenvalue weighted by Crippen LogP contribution is 2.30. The minimum Gasteiger partial charge on any atom is -0.464 e. The fraction of sp³-hybridized carbons (Fsp3) is 0.350. The van der Waals surface area contributed by atoms with Crippen LogP contribution in [0.2, 0.25) is 0 Å². The highest BCUT2D eigenvalue weighted by molar-refractivity contribution is 5.81. The normalized spacial score (nSPS) is 12.5. The fourth-order valence-electron chi connectivity index (χ4n) is 2.61. The Hall–Kier alpha value is -2.29. The molecule has 0 aliphatic rings. The molecule has 1 unspecified atom stereocenters. The van der Waals surface area contributed by atoms with Gasteiger partial charge in [0.05, 0.1) is 6.61 Å². The molecule has 2 aromatic carbocycles. The number of nitrogens with one attached hydrogen (secondary N) is 1. The Bertz CT molecular complexity index is 632. The van der Waals surface area contributed by atoms with Crippen LogP contribution >= 0.6 is 0 Å². The molecular formula is C20H25NO2. The maximum absolute atomic E-state index is 12.5. The molecule has 0 amide bonds. The van der Waals surface area contributed by atoms with Gasteiger partial charge in [-0.05, 0) is 31.5 Å². The van der Waals surface area contributed by atoms with Crippen molar-refractivity contribution in [3.05, 3.63) is 65.7 Å². The monoisotopic (exact) mass is 311 g/mol. The predicted molar refractivity (Wildman–Crippen MR) is 94.7 cm³/mol. The van der Waals surface area contributed by atoms with Crippen LogP contribution in [0.4, 0.5) is 5.69 Å². The summed E-state index contributed by atoms with van der Waals surface area (Å²) in [5, 5.41) is 3.36. The van der Waals surface area contributed by atoms with Gasteiger partial charge in [-0.1, -0.05) is 61.9 Å². The maximum Gasteiger partial charge on any atom is 0.329 e. The molecule has 0 aliphatic heterocycles. The Balaban J connectivity index is 2.33. The number of carbonyl (C=O) groups is 1. The largest absolute Gasteiger partial charge is 0.464 e. The summed E-state index contributed by atoms with van der Waals surface area (Å²) in [6.45, 7) is 8.36. The van der Waals surface area contributed by atoms with Gasteiger partial charge < -0.3 is 10.1 Å². The van der Waals surface area contributed by atoms with Gasteiger partial charge in [0.25, 0.3) is 0 Å². The van der Waals surface area contributed by atoms with Crippen molar-refractivity contribution in [1.82, 2.24) is 0 Å². The Kier molecular flexibility index (Phi) is 5.43. The molecule has 0 bridgehead atoms. The topological polar surface area (TPSA) is 38.3 Å². The SMILES string of the molecule is CCOC(=O)C(Nc1ccc(C)cc1)C(C)(C)c1ccccc1.